The van der Waals surface area contributed by atoms with Crippen molar-refractivity contribution in [3.63, 3.8) is 0 Å². The van der Waals surface area contributed by atoms with Gasteiger partial charge in [-0.25, -0.2) is 0 Å². The number of primary amides is 1. The zero-order valence-corrected chi connectivity index (χ0v) is 10.1. The monoisotopic (exact) mass is 270 g/mol. The molecule has 0 aromatic rings. The molecule has 0 radical (unpaired) electrons. The smallest absolute Gasteiger partial charge is 0.375 e. The first-order chi connectivity index (χ1) is 8.31. The summed E-state index contributed by atoms with van der Waals surface area (Å²) < 4.78 is 45.4. The van der Waals surface area contributed by atoms with Crippen LogP contribution < -0.4 is 5.73 Å². The number of carbonyl (C=O) groups excluding carboxylic acids is 1. The number of morpholine rings is 1. The van der Waals surface area contributed by atoms with E-state index in [4.69, 9.17) is 10.5 Å². The number of nitrogens with two attached hydrogens (primary N) is 1. The Bertz CT molecular complexity index is 286. The van der Waals surface area contributed by atoms with E-state index in [0.29, 0.717) is 13.2 Å². The van der Waals surface area contributed by atoms with Crippen LogP contribution in [0.25, 0.3) is 0 Å². The van der Waals surface area contributed by atoms with Gasteiger partial charge in [-0.05, 0) is 6.92 Å². The number of hydrogen-bond acceptors (Lipinski definition) is 4. The zero-order chi connectivity index (χ0) is 13.8. The van der Waals surface area contributed by atoms with Crippen molar-refractivity contribution in [3.8, 4) is 0 Å². The fourth-order valence-electron chi connectivity index (χ4n) is 1.91. The van der Waals surface area contributed by atoms with Crippen molar-refractivity contribution in [1.82, 2.24) is 4.90 Å². The molecule has 1 aliphatic rings. The number of ether oxygens (including phenoxy) is 2. The Labute approximate surface area is 103 Å². The number of hydrogen-bond donors (Lipinski definition) is 1. The molecule has 8 heteroatoms. The summed E-state index contributed by atoms with van der Waals surface area (Å²) >= 11 is 0. The van der Waals surface area contributed by atoms with Gasteiger partial charge in [-0.15, -0.1) is 0 Å². The van der Waals surface area contributed by atoms with Gasteiger partial charge in [0.2, 0.25) is 5.91 Å². The normalized spacial score (nSPS) is 26.2. The Kier molecular flexibility index (Phi) is 5.36. The van der Waals surface area contributed by atoms with E-state index in [-0.39, 0.29) is 19.3 Å². The second-order valence-corrected chi connectivity index (χ2v) is 4.13. The summed E-state index contributed by atoms with van der Waals surface area (Å²) in [7, 11) is 0. The Hall–Kier alpha value is -0.860. The van der Waals surface area contributed by atoms with Crippen LogP contribution in [0.4, 0.5) is 13.2 Å². The average Bonchev–Trinajstić information content (AvgIpc) is 2.22. The van der Waals surface area contributed by atoms with Crippen molar-refractivity contribution < 1.29 is 27.4 Å². The van der Waals surface area contributed by atoms with Gasteiger partial charge in [0.15, 0.2) is 0 Å². The van der Waals surface area contributed by atoms with Gasteiger partial charge in [-0.1, -0.05) is 0 Å². The minimum atomic E-state index is -4.33. The van der Waals surface area contributed by atoms with Crippen LogP contribution in [0, 0.1) is 0 Å². The molecule has 1 fully saturated rings. The molecule has 5 nitrogen and oxygen atoms in total. The van der Waals surface area contributed by atoms with Crippen LogP contribution in [0.5, 0.6) is 0 Å². The highest BCUT2D eigenvalue weighted by Crippen LogP contribution is 2.16. The van der Waals surface area contributed by atoms with Crippen LogP contribution >= 0.6 is 0 Å². The van der Waals surface area contributed by atoms with Crippen LogP contribution in [0.3, 0.4) is 0 Å². The average molecular weight is 270 g/mol. The lowest BCUT2D eigenvalue weighted by atomic mass is 10.1. The SMILES string of the molecule is C[C@H]1OCCN(CCOCC(F)(F)F)[C@@H]1C(N)=O. The number of alkyl halides is 3. The first-order valence-electron chi connectivity index (χ1n) is 5.61. The quantitative estimate of drug-likeness (QED) is 0.722. The number of nitrogens with zero attached hydrogens (tertiary/aromatic N) is 1. The Balaban J connectivity index is 2.37. The van der Waals surface area contributed by atoms with Gasteiger partial charge >= 0.3 is 6.18 Å². The van der Waals surface area contributed by atoms with E-state index in [0.717, 1.165) is 0 Å². The lowest BCUT2D eigenvalue weighted by molar-refractivity contribution is -0.176. The first-order valence-corrected chi connectivity index (χ1v) is 5.61. The predicted octanol–water partition coefficient (Wildman–Crippen LogP) is 0.140. The molecule has 0 spiro atoms. The summed E-state index contributed by atoms with van der Waals surface area (Å²) in [6, 6.07) is -0.617. The van der Waals surface area contributed by atoms with Crippen molar-refractivity contribution in [2.45, 2.75) is 25.2 Å². The van der Waals surface area contributed by atoms with Gasteiger partial charge in [0, 0.05) is 13.1 Å². The molecule has 18 heavy (non-hydrogen) atoms. The third-order valence-electron chi connectivity index (χ3n) is 2.68. The number of halogens is 3. The van der Waals surface area contributed by atoms with Gasteiger partial charge < -0.3 is 15.2 Å². The molecule has 1 heterocycles. The summed E-state index contributed by atoms with van der Waals surface area (Å²) in [6.45, 7) is 1.41. The molecule has 0 saturated carbocycles. The van der Waals surface area contributed by atoms with Gasteiger partial charge in [-0.2, -0.15) is 13.2 Å². The minimum absolute atomic E-state index is 0.101. The van der Waals surface area contributed by atoms with E-state index in [9.17, 15) is 18.0 Å². The molecule has 0 unspecified atom stereocenters. The Morgan fingerprint density at radius 3 is 2.78 bits per heavy atom. The maximum atomic E-state index is 11.9. The molecule has 106 valence electrons. The maximum Gasteiger partial charge on any atom is 0.411 e. The molecule has 2 atom stereocenters. The van der Waals surface area contributed by atoms with E-state index in [2.05, 4.69) is 4.74 Å². The van der Waals surface area contributed by atoms with E-state index in [1.165, 1.54) is 0 Å². The van der Waals surface area contributed by atoms with Gasteiger partial charge in [-0.3, -0.25) is 9.69 Å². The fraction of sp³-hybridized carbons (Fsp3) is 0.900. The molecule has 1 rings (SSSR count). The van der Waals surface area contributed by atoms with E-state index < -0.39 is 24.7 Å². The van der Waals surface area contributed by atoms with Crippen LogP contribution in [0.15, 0.2) is 0 Å². The minimum Gasteiger partial charge on any atom is -0.375 e. The molecule has 0 aliphatic carbocycles. The third kappa shape index (κ3) is 4.79. The van der Waals surface area contributed by atoms with Crippen molar-refractivity contribution in [3.05, 3.63) is 0 Å². The molecule has 1 amide bonds. The van der Waals surface area contributed by atoms with Crippen molar-refractivity contribution in [1.29, 1.82) is 0 Å². The predicted molar refractivity (Wildman–Crippen MR) is 56.8 cm³/mol. The first kappa shape index (κ1) is 15.2. The number of rotatable bonds is 5. The maximum absolute atomic E-state index is 11.9. The summed E-state index contributed by atoms with van der Waals surface area (Å²) in [5.41, 5.74) is 5.24. The summed E-state index contributed by atoms with van der Waals surface area (Å²) in [4.78, 5) is 12.9. The molecule has 2 N–H and O–H groups in total. The highest BCUT2D eigenvalue weighted by atomic mass is 19.4. The van der Waals surface area contributed by atoms with Crippen LogP contribution in [-0.2, 0) is 14.3 Å². The largest absolute Gasteiger partial charge is 0.411 e. The highest BCUT2D eigenvalue weighted by molar-refractivity contribution is 5.80. The Morgan fingerprint density at radius 2 is 2.22 bits per heavy atom. The summed E-state index contributed by atoms with van der Waals surface area (Å²) in [6.07, 6.45) is -4.69. The fourth-order valence-corrected chi connectivity index (χ4v) is 1.91. The second kappa shape index (κ2) is 6.35. The number of amides is 1. The molecule has 0 aromatic heterocycles. The number of carbonyl (C=O) groups is 1. The van der Waals surface area contributed by atoms with Crippen LogP contribution in [0.1, 0.15) is 6.92 Å². The van der Waals surface area contributed by atoms with E-state index in [1.807, 2.05) is 0 Å². The topological polar surface area (TPSA) is 64.8 Å². The molecule has 0 bridgehead atoms. The standard InChI is InChI=1S/C10H17F3N2O3/c1-7-8(9(14)16)15(3-5-18-7)2-4-17-6-10(11,12)13/h7-8H,2-6H2,1H3,(H2,14,16)/t7-,8+/m1/s1. The van der Waals surface area contributed by atoms with Gasteiger partial charge in [0.25, 0.3) is 0 Å². The molecular formula is C10H17F3N2O3. The van der Waals surface area contributed by atoms with E-state index in [1.54, 1.807) is 11.8 Å². The lowest BCUT2D eigenvalue weighted by Crippen LogP contribution is -2.57. The lowest BCUT2D eigenvalue weighted by Gasteiger charge is -2.37. The molecule has 0 aromatic carbocycles. The van der Waals surface area contributed by atoms with Gasteiger partial charge in [0.1, 0.15) is 12.6 Å². The van der Waals surface area contributed by atoms with Crippen LogP contribution in [0.2, 0.25) is 0 Å². The highest BCUT2D eigenvalue weighted by Gasteiger charge is 2.33. The Morgan fingerprint density at radius 1 is 1.56 bits per heavy atom. The molecule has 1 aliphatic heterocycles. The second-order valence-electron chi connectivity index (χ2n) is 4.13. The summed E-state index contributed by atoms with van der Waals surface area (Å²) in [5, 5.41) is 0. The zero-order valence-electron chi connectivity index (χ0n) is 10.1. The van der Waals surface area contributed by atoms with Crippen molar-refractivity contribution in [2.75, 3.05) is 32.9 Å². The van der Waals surface area contributed by atoms with E-state index >= 15 is 0 Å². The molecule has 1 saturated heterocycles. The third-order valence-corrected chi connectivity index (χ3v) is 2.68. The van der Waals surface area contributed by atoms with Crippen LogP contribution in [-0.4, -0.2) is 62.0 Å². The summed E-state index contributed by atoms with van der Waals surface area (Å²) in [5.74, 6) is -0.543. The van der Waals surface area contributed by atoms with Crippen molar-refractivity contribution in [2.24, 2.45) is 5.73 Å². The molecular weight excluding hydrogens is 253 g/mol. The van der Waals surface area contributed by atoms with Gasteiger partial charge in [0.05, 0.1) is 19.3 Å². The van der Waals surface area contributed by atoms with Crippen molar-refractivity contribution >= 4 is 5.91 Å².